The topological polar surface area (TPSA) is 60.9 Å². The van der Waals surface area contributed by atoms with E-state index in [0.29, 0.717) is 12.1 Å². The fourth-order valence-electron chi connectivity index (χ4n) is 5.02. The summed E-state index contributed by atoms with van der Waals surface area (Å²) in [5.74, 6) is -0.945. The van der Waals surface area contributed by atoms with Crippen molar-refractivity contribution in [3.8, 4) is 0 Å². The Morgan fingerprint density at radius 3 is 2.24 bits per heavy atom. The van der Waals surface area contributed by atoms with Crippen molar-refractivity contribution in [1.29, 1.82) is 0 Å². The van der Waals surface area contributed by atoms with Crippen LogP contribution < -0.4 is 0 Å². The maximum Gasteiger partial charge on any atom is 0.254 e. The SMILES string of the molecule is O=C(c1ccc(F)cc1)N1CC(=O)N2[C@@H](CO)[C@H](c3ccc(/C=C/c4ccccc4)cc3)[C@@H]2C1. The molecule has 34 heavy (non-hydrogen) atoms. The summed E-state index contributed by atoms with van der Waals surface area (Å²) >= 11 is 0. The van der Waals surface area contributed by atoms with Crippen LogP contribution >= 0.6 is 0 Å². The molecule has 0 saturated carbocycles. The predicted octanol–water partition coefficient (Wildman–Crippen LogP) is 3.81. The summed E-state index contributed by atoms with van der Waals surface area (Å²) < 4.78 is 13.2. The number of fused-ring (bicyclic) bond motifs is 1. The molecule has 3 aromatic rings. The Hall–Kier alpha value is -3.77. The summed E-state index contributed by atoms with van der Waals surface area (Å²) in [4.78, 5) is 29.0. The molecule has 1 N–H and O–H groups in total. The van der Waals surface area contributed by atoms with Crippen LogP contribution in [-0.2, 0) is 4.79 Å². The highest BCUT2D eigenvalue weighted by atomic mass is 19.1. The molecule has 0 unspecified atom stereocenters. The van der Waals surface area contributed by atoms with Gasteiger partial charge in [-0.05, 0) is 41.0 Å². The molecule has 0 aliphatic carbocycles. The maximum atomic E-state index is 13.2. The molecule has 0 bridgehead atoms. The normalized spacial score (nSPS) is 21.9. The molecule has 2 amide bonds. The van der Waals surface area contributed by atoms with Crippen molar-refractivity contribution >= 4 is 24.0 Å². The molecule has 5 rings (SSSR count). The van der Waals surface area contributed by atoms with E-state index < -0.39 is 5.82 Å². The van der Waals surface area contributed by atoms with Crippen LogP contribution in [-0.4, -0.2) is 58.5 Å². The molecule has 2 saturated heterocycles. The summed E-state index contributed by atoms with van der Waals surface area (Å²) in [7, 11) is 0. The van der Waals surface area contributed by atoms with Crippen LogP contribution in [0.4, 0.5) is 4.39 Å². The number of benzene rings is 3. The molecular formula is C28H25FN2O3. The number of hydrogen-bond acceptors (Lipinski definition) is 3. The van der Waals surface area contributed by atoms with Gasteiger partial charge in [0.15, 0.2) is 0 Å². The Labute approximate surface area is 197 Å². The summed E-state index contributed by atoms with van der Waals surface area (Å²) in [5.41, 5.74) is 3.55. The van der Waals surface area contributed by atoms with Crippen molar-refractivity contribution in [2.75, 3.05) is 19.7 Å². The lowest BCUT2D eigenvalue weighted by molar-refractivity contribution is -0.159. The van der Waals surface area contributed by atoms with Gasteiger partial charge >= 0.3 is 0 Å². The van der Waals surface area contributed by atoms with Crippen LogP contribution in [0, 0.1) is 5.82 Å². The third-order valence-corrected chi connectivity index (χ3v) is 6.72. The molecule has 0 radical (unpaired) electrons. The first-order chi connectivity index (χ1) is 16.5. The van der Waals surface area contributed by atoms with Crippen LogP contribution in [0.25, 0.3) is 12.2 Å². The largest absolute Gasteiger partial charge is 0.394 e. The van der Waals surface area contributed by atoms with Gasteiger partial charge in [-0.25, -0.2) is 4.39 Å². The first kappa shape index (κ1) is 22.0. The Balaban J connectivity index is 1.33. The predicted molar refractivity (Wildman–Crippen MR) is 128 cm³/mol. The Morgan fingerprint density at radius 2 is 1.59 bits per heavy atom. The molecule has 0 aromatic heterocycles. The van der Waals surface area contributed by atoms with E-state index in [2.05, 4.69) is 6.08 Å². The first-order valence-electron chi connectivity index (χ1n) is 11.3. The lowest BCUT2D eigenvalue weighted by atomic mass is 9.73. The van der Waals surface area contributed by atoms with E-state index in [1.807, 2.05) is 60.7 Å². The van der Waals surface area contributed by atoms with Crippen LogP contribution in [0.3, 0.4) is 0 Å². The van der Waals surface area contributed by atoms with E-state index in [9.17, 15) is 19.1 Å². The van der Waals surface area contributed by atoms with Crippen molar-refractivity contribution < 1.29 is 19.1 Å². The van der Waals surface area contributed by atoms with E-state index in [4.69, 9.17) is 0 Å². The van der Waals surface area contributed by atoms with Crippen molar-refractivity contribution in [1.82, 2.24) is 9.80 Å². The number of halogens is 1. The van der Waals surface area contributed by atoms with Gasteiger partial charge in [0, 0.05) is 18.0 Å². The van der Waals surface area contributed by atoms with E-state index >= 15 is 0 Å². The standard InChI is InChI=1S/C28H25FN2O3/c29-23-14-12-22(13-15-23)28(34)30-16-24-27(25(18-32)31(24)26(33)17-30)21-10-8-20(9-11-21)7-6-19-4-2-1-3-5-19/h1-15,24-25,27,32H,16-18H2/b7-6+/t24-,25-,27+/m0/s1. The number of piperazine rings is 1. The number of hydrogen-bond donors (Lipinski definition) is 1. The van der Waals surface area contributed by atoms with E-state index in [1.165, 1.54) is 29.2 Å². The molecular weight excluding hydrogens is 431 g/mol. The lowest BCUT2D eigenvalue weighted by Gasteiger charge is -2.58. The molecule has 172 valence electrons. The van der Waals surface area contributed by atoms with E-state index in [0.717, 1.165) is 16.7 Å². The minimum Gasteiger partial charge on any atom is -0.394 e. The Kier molecular flexibility index (Phi) is 5.99. The van der Waals surface area contributed by atoms with Gasteiger partial charge in [0.25, 0.3) is 5.91 Å². The third-order valence-electron chi connectivity index (χ3n) is 6.72. The minimum atomic E-state index is -0.413. The highest BCUT2D eigenvalue weighted by Gasteiger charge is 2.54. The van der Waals surface area contributed by atoms with Crippen molar-refractivity contribution in [2.45, 2.75) is 18.0 Å². The highest BCUT2D eigenvalue weighted by molar-refractivity contribution is 5.97. The highest BCUT2D eigenvalue weighted by Crippen LogP contribution is 2.43. The van der Waals surface area contributed by atoms with Gasteiger partial charge < -0.3 is 14.9 Å². The summed E-state index contributed by atoms with van der Waals surface area (Å²) in [5, 5.41) is 10.00. The molecule has 2 heterocycles. The molecule has 3 aromatic carbocycles. The van der Waals surface area contributed by atoms with Gasteiger partial charge in [-0.1, -0.05) is 66.7 Å². The summed E-state index contributed by atoms with van der Waals surface area (Å²) in [6.07, 6.45) is 4.10. The van der Waals surface area contributed by atoms with Crippen LogP contribution in [0.2, 0.25) is 0 Å². The van der Waals surface area contributed by atoms with E-state index in [-0.39, 0.29) is 43.0 Å². The first-order valence-corrected chi connectivity index (χ1v) is 11.3. The average molecular weight is 457 g/mol. The number of aliphatic hydroxyl groups is 1. The minimum absolute atomic E-state index is 0.0425. The molecule has 2 fully saturated rings. The molecule has 3 atom stereocenters. The smallest absolute Gasteiger partial charge is 0.254 e. The molecule has 2 aliphatic heterocycles. The quantitative estimate of drug-likeness (QED) is 0.594. The maximum absolute atomic E-state index is 13.2. The second-order valence-corrected chi connectivity index (χ2v) is 8.75. The number of rotatable bonds is 5. The number of nitrogens with zero attached hydrogens (tertiary/aromatic N) is 2. The lowest BCUT2D eigenvalue weighted by Crippen LogP contribution is -2.73. The summed E-state index contributed by atoms with van der Waals surface area (Å²) in [6.45, 7) is 0.201. The van der Waals surface area contributed by atoms with Crippen molar-refractivity contribution in [3.05, 3.63) is 107 Å². The Morgan fingerprint density at radius 1 is 0.941 bits per heavy atom. The second kappa shape index (κ2) is 9.23. The zero-order chi connectivity index (χ0) is 23.7. The van der Waals surface area contributed by atoms with Gasteiger partial charge in [-0.2, -0.15) is 0 Å². The fraction of sp³-hybridized carbons (Fsp3) is 0.214. The fourth-order valence-corrected chi connectivity index (χ4v) is 5.02. The van der Waals surface area contributed by atoms with Gasteiger partial charge in [-0.3, -0.25) is 9.59 Å². The second-order valence-electron chi connectivity index (χ2n) is 8.75. The number of carbonyl (C=O) groups excluding carboxylic acids is 2. The van der Waals surface area contributed by atoms with Gasteiger partial charge in [0.1, 0.15) is 12.4 Å². The summed E-state index contributed by atoms with van der Waals surface area (Å²) in [6, 6.07) is 23.0. The van der Waals surface area contributed by atoms with Crippen molar-refractivity contribution in [3.63, 3.8) is 0 Å². The van der Waals surface area contributed by atoms with Crippen LogP contribution in [0.5, 0.6) is 0 Å². The number of aliphatic hydroxyl groups excluding tert-OH is 1. The molecule has 6 heteroatoms. The van der Waals surface area contributed by atoms with Crippen molar-refractivity contribution in [2.24, 2.45) is 0 Å². The number of carbonyl (C=O) groups is 2. The van der Waals surface area contributed by atoms with Crippen LogP contribution in [0.1, 0.15) is 33.0 Å². The number of amides is 2. The van der Waals surface area contributed by atoms with Gasteiger partial charge in [0.2, 0.25) is 5.91 Å². The molecule has 2 aliphatic rings. The average Bonchev–Trinajstić information content (AvgIpc) is 2.85. The molecule has 5 nitrogen and oxygen atoms in total. The molecule has 0 spiro atoms. The zero-order valence-electron chi connectivity index (χ0n) is 18.5. The zero-order valence-corrected chi connectivity index (χ0v) is 18.5. The van der Waals surface area contributed by atoms with Gasteiger partial charge in [0.05, 0.1) is 18.7 Å². The van der Waals surface area contributed by atoms with Crippen LogP contribution in [0.15, 0.2) is 78.9 Å². The Bertz CT molecular complexity index is 1210. The van der Waals surface area contributed by atoms with E-state index in [1.54, 1.807) is 4.90 Å². The van der Waals surface area contributed by atoms with Gasteiger partial charge in [-0.15, -0.1) is 0 Å². The monoisotopic (exact) mass is 456 g/mol. The third kappa shape index (κ3) is 4.13.